The van der Waals surface area contributed by atoms with E-state index in [4.69, 9.17) is 0 Å². The van der Waals surface area contributed by atoms with Crippen molar-refractivity contribution in [1.82, 2.24) is 0 Å². The van der Waals surface area contributed by atoms with Crippen molar-refractivity contribution in [3.8, 4) is 0 Å². The number of aryl methyl sites for hydroxylation is 2. The van der Waals surface area contributed by atoms with Gasteiger partial charge in [-0.3, -0.25) is 0 Å². The van der Waals surface area contributed by atoms with Gasteiger partial charge >= 0.3 is 0 Å². The topological polar surface area (TPSA) is 12.0 Å². The molecule has 0 bridgehead atoms. The Balaban J connectivity index is 2.06. The van der Waals surface area contributed by atoms with Crippen molar-refractivity contribution >= 4 is 5.69 Å². The van der Waals surface area contributed by atoms with Crippen LogP contribution >= 0.6 is 0 Å². The number of hydrogen-bond donors (Lipinski definition) is 1. The molecule has 0 aliphatic rings. The van der Waals surface area contributed by atoms with Gasteiger partial charge in [-0.05, 0) is 49.1 Å². The molecular formula is C18H22FN. The van der Waals surface area contributed by atoms with Gasteiger partial charge in [0.05, 0.1) is 0 Å². The van der Waals surface area contributed by atoms with Crippen LogP contribution in [0.3, 0.4) is 0 Å². The Labute approximate surface area is 120 Å². The van der Waals surface area contributed by atoms with E-state index in [1.165, 1.54) is 11.1 Å². The van der Waals surface area contributed by atoms with E-state index < -0.39 is 0 Å². The molecular weight excluding hydrogens is 249 g/mol. The van der Waals surface area contributed by atoms with Crippen LogP contribution in [0, 0.1) is 12.7 Å². The van der Waals surface area contributed by atoms with Crippen LogP contribution in [0.2, 0.25) is 0 Å². The van der Waals surface area contributed by atoms with E-state index >= 15 is 0 Å². The van der Waals surface area contributed by atoms with Gasteiger partial charge in [-0.25, -0.2) is 4.39 Å². The maximum atomic E-state index is 13.5. The molecule has 0 amide bonds. The lowest BCUT2D eigenvalue weighted by Crippen LogP contribution is -2.07. The molecule has 0 spiro atoms. The second-order valence-corrected chi connectivity index (χ2v) is 5.32. The molecule has 2 heteroatoms. The maximum Gasteiger partial charge on any atom is 0.128 e. The minimum absolute atomic E-state index is 0.160. The van der Waals surface area contributed by atoms with E-state index in [-0.39, 0.29) is 11.9 Å². The highest BCUT2D eigenvalue weighted by Gasteiger charge is 2.06. The zero-order chi connectivity index (χ0) is 14.5. The van der Waals surface area contributed by atoms with Crippen LogP contribution in [0.5, 0.6) is 0 Å². The summed E-state index contributed by atoms with van der Waals surface area (Å²) in [7, 11) is 0. The summed E-state index contributed by atoms with van der Waals surface area (Å²) >= 11 is 0. The highest BCUT2D eigenvalue weighted by atomic mass is 19.1. The number of halogens is 1. The number of hydrogen-bond acceptors (Lipinski definition) is 1. The smallest absolute Gasteiger partial charge is 0.128 e. The van der Waals surface area contributed by atoms with Crippen LogP contribution in [0.25, 0.3) is 0 Å². The summed E-state index contributed by atoms with van der Waals surface area (Å²) in [6.45, 7) is 6.05. The predicted octanol–water partition coefficient (Wildman–Crippen LogP) is 5.26. The van der Waals surface area contributed by atoms with Gasteiger partial charge in [-0.15, -0.1) is 0 Å². The van der Waals surface area contributed by atoms with Crippen LogP contribution < -0.4 is 5.32 Å². The van der Waals surface area contributed by atoms with Gasteiger partial charge < -0.3 is 5.32 Å². The van der Waals surface area contributed by atoms with Crippen molar-refractivity contribution in [1.29, 1.82) is 0 Å². The van der Waals surface area contributed by atoms with E-state index in [1.54, 1.807) is 19.1 Å². The summed E-state index contributed by atoms with van der Waals surface area (Å²) in [4.78, 5) is 0. The van der Waals surface area contributed by atoms with Gasteiger partial charge in [0, 0.05) is 11.7 Å². The lowest BCUT2D eigenvalue weighted by molar-refractivity contribution is 0.618. The third-order valence-electron chi connectivity index (χ3n) is 3.57. The molecule has 1 nitrogen and oxygen atoms in total. The lowest BCUT2D eigenvalue weighted by Gasteiger charge is -2.16. The van der Waals surface area contributed by atoms with Gasteiger partial charge in [0.1, 0.15) is 5.82 Å². The second-order valence-electron chi connectivity index (χ2n) is 5.32. The first kappa shape index (κ1) is 14.6. The van der Waals surface area contributed by atoms with E-state index in [0.717, 1.165) is 18.5 Å². The maximum absolute atomic E-state index is 13.5. The zero-order valence-corrected chi connectivity index (χ0v) is 12.4. The fraction of sp³-hybridized carbons (Fsp3) is 0.333. The molecule has 0 radical (unpaired) electrons. The number of anilines is 1. The summed E-state index contributed by atoms with van der Waals surface area (Å²) in [5.74, 6) is -0.166. The minimum Gasteiger partial charge on any atom is -0.378 e. The minimum atomic E-state index is -0.166. The molecule has 0 aliphatic heterocycles. The molecule has 1 N–H and O–H groups in total. The third kappa shape index (κ3) is 3.60. The molecule has 2 aromatic carbocycles. The SMILES string of the molecule is CCCc1ccc(C(C)Nc2ccc(C)c(F)c2)cc1. The Morgan fingerprint density at radius 3 is 2.40 bits per heavy atom. The molecule has 0 saturated carbocycles. The Morgan fingerprint density at radius 2 is 1.80 bits per heavy atom. The Kier molecular flexibility index (Phi) is 4.78. The zero-order valence-electron chi connectivity index (χ0n) is 12.4. The van der Waals surface area contributed by atoms with Crippen LogP contribution in [0.15, 0.2) is 42.5 Å². The van der Waals surface area contributed by atoms with Crippen molar-refractivity contribution in [2.75, 3.05) is 5.32 Å². The molecule has 1 unspecified atom stereocenters. The fourth-order valence-corrected chi connectivity index (χ4v) is 2.28. The average molecular weight is 271 g/mol. The van der Waals surface area contributed by atoms with E-state index in [9.17, 15) is 4.39 Å². The molecule has 2 aromatic rings. The number of rotatable bonds is 5. The highest BCUT2D eigenvalue weighted by molar-refractivity contribution is 5.47. The van der Waals surface area contributed by atoms with Crippen LogP contribution in [0.4, 0.5) is 10.1 Å². The second kappa shape index (κ2) is 6.56. The summed E-state index contributed by atoms with van der Waals surface area (Å²) in [6.07, 6.45) is 2.28. The van der Waals surface area contributed by atoms with Crippen molar-refractivity contribution < 1.29 is 4.39 Å². The summed E-state index contributed by atoms with van der Waals surface area (Å²) < 4.78 is 13.5. The average Bonchev–Trinajstić information content (AvgIpc) is 2.44. The van der Waals surface area contributed by atoms with E-state index in [1.807, 2.05) is 6.07 Å². The summed E-state index contributed by atoms with van der Waals surface area (Å²) in [6, 6.07) is 14.1. The van der Waals surface area contributed by atoms with Crippen molar-refractivity contribution in [2.45, 2.75) is 39.7 Å². The molecule has 0 aromatic heterocycles. The standard InChI is InChI=1S/C18H22FN/c1-4-5-15-7-9-16(10-8-15)14(3)20-17-11-6-13(2)18(19)12-17/h6-12,14,20H,4-5H2,1-3H3. The molecule has 0 saturated heterocycles. The summed E-state index contributed by atoms with van der Waals surface area (Å²) in [5, 5.41) is 3.34. The Morgan fingerprint density at radius 1 is 1.10 bits per heavy atom. The van der Waals surface area contributed by atoms with Crippen LogP contribution in [-0.2, 0) is 6.42 Å². The van der Waals surface area contributed by atoms with E-state index in [2.05, 4.69) is 43.4 Å². The quantitative estimate of drug-likeness (QED) is 0.782. The molecule has 0 fully saturated rings. The monoisotopic (exact) mass is 271 g/mol. The summed E-state index contributed by atoms with van der Waals surface area (Å²) in [5.41, 5.74) is 4.07. The number of benzene rings is 2. The van der Waals surface area contributed by atoms with E-state index in [0.29, 0.717) is 5.56 Å². The molecule has 2 rings (SSSR count). The van der Waals surface area contributed by atoms with Crippen molar-refractivity contribution in [3.63, 3.8) is 0 Å². The first-order valence-corrected chi connectivity index (χ1v) is 7.21. The van der Waals surface area contributed by atoms with Crippen LogP contribution in [-0.4, -0.2) is 0 Å². The lowest BCUT2D eigenvalue weighted by atomic mass is 10.0. The van der Waals surface area contributed by atoms with Gasteiger partial charge in [-0.1, -0.05) is 43.7 Å². The fourth-order valence-electron chi connectivity index (χ4n) is 2.28. The first-order valence-electron chi connectivity index (χ1n) is 7.21. The van der Waals surface area contributed by atoms with Crippen LogP contribution in [0.1, 0.15) is 43.0 Å². The van der Waals surface area contributed by atoms with Gasteiger partial charge in [-0.2, -0.15) is 0 Å². The Hall–Kier alpha value is -1.83. The molecule has 1 atom stereocenters. The normalized spacial score (nSPS) is 12.2. The first-order chi connectivity index (χ1) is 9.60. The molecule has 0 heterocycles. The third-order valence-corrected chi connectivity index (χ3v) is 3.57. The van der Waals surface area contributed by atoms with Crippen molar-refractivity contribution in [3.05, 3.63) is 65.0 Å². The molecule has 106 valence electrons. The number of nitrogens with one attached hydrogen (secondary N) is 1. The highest BCUT2D eigenvalue weighted by Crippen LogP contribution is 2.21. The van der Waals surface area contributed by atoms with Gasteiger partial charge in [0.25, 0.3) is 0 Å². The Bertz CT molecular complexity index is 560. The predicted molar refractivity (Wildman–Crippen MR) is 83.6 cm³/mol. The van der Waals surface area contributed by atoms with Gasteiger partial charge in [0.2, 0.25) is 0 Å². The molecule has 0 aliphatic carbocycles. The van der Waals surface area contributed by atoms with Crippen molar-refractivity contribution in [2.24, 2.45) is 0 Å². The van der Waals surface area contributed by atoms with Gasteiger partial charge in [0.15, 0.2) is 0 Å². The molecule has 20 heavy (non-hydrogen) atoms. The largest absolute Gasteiger partial charge is 0.378 e.